The predicted molar refractivity (Wildman–Crippen MR) is 90.8 cm³/mol. The molecule has 0 unspecified atom stereocenters. The lowest BCUT2D eigenvalue weighted by molar-refractivity contribution is 1.11. The zero-order chi connectivity index (χ0) is 14.8. The monoisotopic (exact) mass is 361 g/mol. The molecular formula is C16H13BrClN3. The Kier molecular flexibility index (Phi) is 4.08. The molecule has 0 aliphatic carbocycles. The van der Waals surface area contributed by atoms with Gasteiger partial charge in [-0.05, 0) is 36.8 Å². The van der Waals surface area contributed by atoms with Crippen molar-refractivity contribution < 1.29 is 0 Å². The van der Waals surface area contributed by atoms with Crippen LogP contribution >= 0.6 is 27.5 Å². The van der Waals surface area contributed by atoms with Crippen molar-refractivity contribution >= 4 is 44.1 Å². The molecule has 0 saturated heterocycles. The number of anilines is 1. The van der Waals surface area contributed by atoms with Crippen molar-refractivity contribution in [1.82, 2.24) is 9.97 Å². The summed E-state index contributed by atoms with van der Waals surface area (Å²) >= 11 is 9.44. The number of benzene rings is 1. The third-order valence-electron chi connectivity index (χ3n) is 3.32. The average molecular weight is 363 g/mol. The highest BCUT2D eigenvalue weighted by Crippen LogP contribution is 2.26. The Hall–Kier alpha value is -1.65. The molecule has 5 heteroatoms. The van der Waals surface area contributed by atoms with Crippen molar-refractivity contribution in [3.05, 3.63) is 63.5 Å². The topological polar surface area (TPSA) is 37.8 Å². The van der Waals surface area contributed by atoms with Gasteiger partial charge in [0.1, 0.15) is 5.15 Å². The maximum absolute atomic E-state index is 5.88. The molecule has 0 bridgehead atoms. The van der Waals surface area contributed by atoms with E-state index >= 15 is 0 Å². The van der Waals surface area contributed by atoms with Crippen molar-refractivity contribution in [3.63, 3.8) is 0 Å². The zero-order valence-electron chi connectivity index (χ0n) is 11.4. The van der Waals surface area contributed by atoms with Crippen LogP contribution in [0.25, 0.3) is 10.9 Å². The lowest BCUT2D eigenvalue weighted by atomic mass is 10.1. The molecule has 2 aromatic heterocycles. The molecule has 21 heavy (non-hydrogen) atoms. The molecule has 1 aromatic carbocycles. The standard InChI is InChI=1S/C16H13BrClN3/c1-10-14(6-7-15(18)21-10)20-9-11-4-5-13(17)12-3-2-8-19-16(11)12/h2-8,20H,9H2,1H3. The summed E-state index contributed by atoms with van der Waals surface area (Å²) in [6.45, 7) is 2.62. The fourth-order valence-electron chi connectivity index (χ4n) is 2.25. The second kappa shape index (κ2) is 6.00. The number of halogens is 2. The fraction of sp³-hybridized carbons (Fsp3) is 0.125. The lowest BCUT2D eigenvalue weighted by Gasteiger charge is -2.11. The number of aryl methyl sites for hydroxylation is 1. The fourth-order valence-corrected chi connectivity index (χ4v) is 2.89. The molecule has 0 aliphatic heterocycles. The molecule has 0 spiro atoms. The summed E-state index contributed by atoms with van der Waals surface area (Å²) in [7, 11) is 0. The minimum Gasteiger partial charge on any atom is -0.379 e. The number of hydrogen-bond acceptors (Lipinski definition) is 3. The molecule has 0 radical (unpaired) electrons. The van der Waals surface area contributed by atoms with Crippen molar-refractivity contribution in [2.24, 2.45) is 0 Å². The van der Waals surface area contributed by atoms with Gasteiger partial charge in [-0.25, -0.2) is 4.98 Å². The Morgan fingerprint density at radius 2 is 2.05 bits per heavy atom. The maximum Gasteiger partial charge on any atom is 0.129 e. The van der Waals surface area contributed by atoms with Gasteiger partial charge in [0, 0.05) is 22.6 Å². The molecule has 1 N–H and O–H groups in total. The van der Waals surface area contributed by atoms with E-state index in [2.05, 4.69) is 43.3 Å². The van der Waals surface area contributed by atoms with E-state index in [0.717, 1.165) is 32.3 Å². The second-order valence-corrected chi connectivity index (χ2v) is 5.97. The van der Waals surface area contributed by atoms with E-state index in [1.165, 1.54) is 0 Å². The smallest absolute Gasteiger partial charge is 0.129 e. The van der Waals surface area contributed by atoms with Crippen LogP contribution in [0.3, 0.4) is 0 Å². The molecule has 0 aliphatic rings. The van der Waals surface area contributed by atoms with Gasteiger partial charge in [0.15, 0.2) is 0 Å². The molecule has 0 amide bonds. The van der Waals surface area contributed by atoms with Gasteiger partial charge in [-0.3, -0.25) is 4.98 Å². The van der Waals surface area contributed by atoms with Crippen LogP contribution in [0.1, 0.15) is 11.3 Å². The van der Waals surface area contributed by atoms with E-state index in [9.17, 15) is 0 Å². The summed E-state index contributed by atoms with van der Waals surface area (Å²) in [6, 6.07) is 11.9. The molecule has 3 nitrogen and oxygen atoms in total. The second-order valence-electron chi connectivity index (χ2n) is 4.73. The van der Waals surface area contributed by atoms with Gasteiger partial charge in [0.25, 0.3) is 0 Å². The third kappa shape index (κ3) is 3.01. The van der Waals surface area contributed by atoms with Gasteiger partial charge in [-0.2, -0.15) is 0 Å². The summed E-state index contributed by atoms with van der Waals surface area (Å²) in [5, 5.41) is 5.01. The Bertz CT molecular complexity index is 805. The quantitative estimate of drug-likeness (QED) is 0.669. The van der Waals surface area contributed by atoms with E-state index < -0.39 is 0 Å². The predicted octanol–water partition coefficient (Wildman–Crippen LogP) is 4.97. The minimum atomic E-state index is 0.508. The van der Waals surface area contributed by atoms with Gasteiger partial charge in [-0.15, -0.1) is 0 Å². The minimum absolute atomic E-state index is 0.508. The number of fused-ring (bicyclic) bond motifs is 1. The first-order valence-corrected chi connectivity index (χ1v) is 7.71. The summed E-state index contributed by atoms with van der Waals surface area (Å²) < 4.78 is 1.05. The van der Waals surface area contributed by atoms with E-state index in [0.29, 0.717) is 11.7 Å². The molecule has 2 heterocycles. The summed E-state index contributed by atoms with van der Waals surface area (Å²) in [5.41, 5.74) is 4.00. The molecule has 0 saturated carbocycles. The Balaban J connectivity index is 1.90. The number of aromatic nitrogens is 2. The van der Waals surface area contributed by atoms with E-state index in [1.807, 2.05) is 31.3 Å². The Morgan fingerprint density at radius 1 is 1.19 bits per heavy atom. The summed E-state index contributed by atoms with van der Waals surface area (Å²) in [5.74, 6) is 0. The van der Waals surface area contributed by atoms with Crippen LogP contribution in [0, 0.1) is 6.92 Å². The molecule has 3 aromatic rings. The Morgan fingerprint density at radius 3 is 2.86 bits per heavy atom. The van der Waals surface area contributed by atoms with Gasteiger partial charge < -0.3 is 5.32 Å². The molecule has 0 atom stereocenters. The van der Waals surface area contributed by atoms with Crippen molar-refractivity contribution in [3.8, 4) is 0 Å². The maximum atomic E-state index is 5.88. The van der Waals surface area contributed by atoms with E-state index in [-0.39, 0.29) is 0 Å². The van der Waals surface area contributed by atoms with Crippen LogP contribution in [0.5, 0.6) is 0 Å². The number of rotatable bonds is 3. The van der Waals surface area contributed by atoms with Crippen LogP contribution in [0.2, 0.25) is 5.15 Å². The van der Waals surface area contributed by atoms with Crippen LogP contribution < -0.4 is 5.32 Å². The van der Waals surface area contributed by atoms with Crippen LogP contribution in [0.15, 0.2) is 47.1 Å². The first kappa shape index (κ1) is 14.3. The van der Waals surface area contributed by atoms with Gasteiger partial charge in [0.05, 0.1) is 16.9 Å². The number of hydrogen-bond donors (Lipinski definition) is 1. The highest BCUT2D eigenvalue weighted by Gasteiger charge is 2.06. The van der Waals surface area contributed by atoms with Gasteiger partial charge in [0.2, 0.25) is 0 Å². The van der Waals surface area contributed by atoms with E-state index in [4.69, 9.17) is 11.6 Å². The molecular weight excluding hydrogens is 350 g/mol. The average Bonchev–Trinajstić information content (AvgIpc) is 2.48. The zero-order valence-corrected chi connectivity index (χ0v) is 13.7. The number of nitrogens with zero attached hydrogens (tertiary/aromatic N) is 2. The first-order valence-electron chi connectivity index (χ1n) is 6.54. The highest BCUT2D eigenvalue weighted by molar-refractivity contribution is 9.10. The largest absolute Gasteiger partial charge is 0.379 e. The Labute approximate surface area is 136 Å². The van der Waals surface area contributed by atoms with Gasteiger partial charge in [-0.1, -0.05) is 39.7 Å². The molecule has 106 valence electrons. The summed E-state index contributed by atoms with van der Waals surface area (Å²) in [4.78, 5) is 8.73. The number of nitrogens with one attached hydrogen (secondary N) is 1. The number of pyridine rings is 2. The lowest BCUT2D eigenvalue weighted by Crippen LogP contribution is -2.03. The van der Waals surface area contributed by atoms with Crippen molar-refractivity contribution in [2.75, 3.05) is 5.32 Å². The third-order valence-corrected chi connectivity index (χ3v) is 4.22. The molecule has 3 rings (SSSR count). The molecule has 0 fully saturated rings. The van der Waals surface area contributed by atoms with Crippen LogP contribution in [-0.4, -0.2) is 9.97 Å². The highest BCUT2D eigenvalue weighted by atomic mass is 79.9. The SMILES string of the molecule is Cc1nc(Cl)ccc1NCc1ccc(Br)c2cccnc12. The van der Waals surface area contributed by atoms with Gasteiger partial charge >= 0.3 is 0 Å². The normalized spacial score (nSPS) is 10.8. The summed E-state index contributed by atoms with van der Waals surface area (Å²) in [6.07, 6.45) is 1.81. The van der Waals surface area contributed by atoms with E-state index in [1.54, 1.807) is 6.07 Å². The van der Waals surface area contributed by atoms with Crippen molar-refractivity contribution in [1.29, 1.82) is 0 Å². The first-order chi connectivity index (χ1) is 10.1. The van der Waals surface area contributed by atoms with Crippen LogP contribution in [0.4, 0.5) is 5.69 Å². The van der Waals surface area contributed by atoms with Crippen molar-refractivity contribution in [2.45, 2.75) is 13.5 Å². The van der Waals surface area contributed by atoms with Crippen LogP contribution in [-0.2, 0) is 6.54 Å².